The number of nitrogens with one attached hydrogen (secondary N) is 3. The maximum atomic E-state index is 13.6. The molecule has 4 rings (SSSR count). The molecule has 3 aromatic rings. The quantitative estimate of drug-likeness (QED) is 0.288. The van der Waals surface area contributed by atoms with Gasteiger partial charge in [-0.1, -0.05) is 42.5 Å². The number of amides is 3. The van der Waals surface area contributed by atoms with Crippen LogP contribution in [0.5, 0.6) is 0 Å². The lowest BCUT2D eigenvalue weighted by Crippen LogP contribution is -2.37. The van der Waals surface area contributed by atoms with Gasteiger partial charge in [-0.25, -0.2) is 9.59 Å². The summed E-state index contributed by atoms with van der Waals surface area (Å²) in [5.41, 5.74) is 1.82. The molecule has 0 aliphatic heterocycles. The van der Waals surface area contributed by atoms with E-state index in [1.54, 1.807) is 75.4 Å². The zero-order chi connectivity index (χ0) is 28.9. The summed E-state index contributed by atoms with van der Waals surface area (Å²) in [4.78, 5) is 51.9. The van der Waals surface area contributed by atoms with Gasteiger partial charge < -0.3 is 25.8 Å². The smallest absolute Gasteiger partial charge is 0.407 e. The first kappa shape index (κ1) is 28.8. The Labute approximate surface area is 236 Å². The minimum absolute atomic E-state index is 0.136. The van der Waals surface area contributed by atoms with Crippen molar-refractivity contribution in [1.82, 2.24) is 10.6 Å². The highest BCUT2D eigenvalue weighted by Gasteiger charge is 2.29. The van der Waals surface area contributed by atoms with Gasteiger partial charge in [-0.05, 0) is 75.3 Å². The molecule has 1 aliphatic carbocycles. The molecule has 1 aliphatic rings. The van der Waals surface area contributed by atoms with Gasteiger partial charge in [0.05, 0.1) is 5.56 Å². The van der Waals surface area contributed by atoms with Crippen LogP contribution in [0, 0.1) is 0 Å². The fourth-order valence-corrected chi connectivity index (χ4v) is 5.82. The first-order valence-corrected chi connectivity index (χ1v) is 13.9. The lowest BCUT2D eigenvalue weighted by atomic mass is 9.95. The molecule has 0 spiro atoms. The number of hydrogen-bond donors (Lipinski definition) is 4. The summed E-state index contributed by atoms with van der Waals surface area (Å²) >= 11 is 1.29. The van der Waals surface area contributed by atoms with Crippen LogP contribution in [-0.2, 0) is 28.9 Å². The Balaban J connectivity index is 1.52. The number of hydrogen-bond acceptors (Lipinski definition) is 6. The normalized spacial score (nSPS) is 13.5. The van der Waals surface area contributed by atoms with Crippen molar-refractivity contribution in [2.45, 2.75) is 64.6 Å². The number of carbonyl (C=O) groups is 4. The predicted octanol–water partition coefficient (Wildman–Crippen LogP) is 5.46. The Bertz CT molecular complexity index is 1410. The van der Waals surface area contributed by atoms with Gasteiger partial charge in [0, 0.05) is 17.0 Å². The van der Waals surface area contributed by atoms with Crippen molar-refractivity contribution in [2.75, 3.05) is 5.32 Å². The van der Waals surface area contributed by atoms with Gasteiger partial charge in [0.1, 0.15) is 16.6 Å². The highest BCUT2D eigenvalue weighted by Crippen LogP contribution is 2.38. The molecule has 0 bridgehead atoms. The molecule has 40 heavy (non-hydrogen) atoms. The first-order valence-electron chi connectivity index (χ1n) is 13.1. The van der Waals surface area contributed by atoms with E-state index < -0.39 is 35.5 Å². The number of thiophene rings is 1. The second-order valence-electron chi connectivity index (χ2n) is 10.6. The molecule has 1 atom stereocenters. The van der Waals surface area contributed by atoms with Crippen LogP contribution in [0.3, 0.4) is 0 Å². The number of carbonyl (C=O) groups excluding carboxylic acids is 3. The van der Waals surface area contributed by atoms with E-state index in [0.29, 0.717) is 23.1 Å². The van der Waals surface area contributed by atoms with E-state index in [4.69, 9.17) is 4.74 Å². The van der Waals surface area contributed by atoms with Crippen LogP contribution in [0.15, 0.2) is 54.6 Å². The van der Waals surface area contributed by atoms with Crippen LogP contribution in [0.1, 0.15) is 81.9 Å². The molecule has 3 amide bonds. The molecule has 210 valence electrons. The fourth-order valence-electron chi connectivity index (χ4n) is 4.54. The van der Waals surface area contributed by atoms with Crippen molar-refractivity contribution in [3.63, 3.8) is 0 Å². The van der Waals surface area contributed by atoms with E-state index in [9.17, 15) is 24.3 Å². The third kappa shape index (κ3) is 7.26. The van der Waals surface area contributed by atoms with Crippen LogP contribution in [0.2, 0.25) is 0 Å². The van der Waals surface area contributed by atoms with Gasteiger partial charge in [-0.15, -0.1) is 11.3 Å². The van der Waals surface area contributed by atoms with Crippen LogP contribution < -0.4 is 16.0 Å². The highest BCUT2D eigenvalue weighted by molar-refractivity contribution is 7.17. The second kappa shape index (κ2) is 12.3. The minimum Gasteiger partial charge on any atom is -0.478 e. The first-order chi connectivity index (χ1) is 19.0. The average Bonchev–Trinajstić information content (AvgIpc) is 3.28. The molecule has 9 nitrogen and oxygen atoms in total. The zero-order valence-corrected chi connectivity index (χ0v) is 23.5. The Kier molecular flexibility index (Phi) is 8.89. The molecule has 10 heteroatoms. The lowest BCUT2D eigenvalue weighted by Gasteiger charge is -2.20. The molecule has 2 aromatic carbocycles. The van der Waals surface area contributed by atoms with E-state index in [0.717, 1.165) is 29.7 Å². The number of alkyl carbamates (subject to hydrolysis) is 1. The number of ether oxygens (including phenoxy) is 1. The number of anilines is 1. The Morgan fingerprint density at radius 1 is 1.00 bits per heavy atom. The van der Waals surface area contributed by atoms with E-state index >= 15 is 0 Å². The summed E-state index contributed by atoms with van der Waals surface area (Å²) in [5.74, 6) is -2.11. The van der Waals surface area contributed by atoms with E-state index in [-0.39, 0.29) is 17.1 Å². The Morgan fingerprint density at radius 2 is 1.73 bits per heavy atom. The summed E-state index contributed by atoms with van der Waals surface area (Å²) in [6.45, 7) is 5.46. The predicted molar refractivity (Wildman–Crippen MR) is 153 cm³/mol. The number of rotatable bonds is 8. The minimum atomic E-state index is -1.08. The van der Waals surface area contributed by atoms with Gasteiger partial charge in [-0.3, -0.25) is 9.59 Å². The molecule has 1 heterocycles. The summed E-state index contributed by atoms with van der Waals surface area (Å²) in [5, 5.41) is 18.4. The summed E-state index contributed by atoms with van der Waals surface area (Å²) < 4.78 is 5.25. The van der Waals surface area contributed by atoms with Crippen molar-refractivity contribution in [2.24, 2.45) is 0 Å². The Morgan fingerprint density at radius 3 is 2.42 bits per heavy atom. The maximum Gasteiger partial charge on any atom is 0.407 e. The van der Waals surface area contributed by atoms with Crippen LogP contribution in [0.4, 0.5) is 9.80 Å². The van der Waals surface area contributed by atoms with Crippen LogP contribution in [0.25, 0.3) is 0 Å². The summed E-state index contributed by atoms with van der Waals surface area (Å²) in [6.07, 6.45) is 2.77. The standard InChI is InChI=1S/C30H33N3O6S/c1-30(2,3)39-29(38)31-17-18-10-9-13-20(16-18)25(34)32-24(19-11-5-4-6-12-19)26(35)33-27-23(28(36)37)21-14-7-8-15-22(21)40-27/h4-6,9-13,16,24H,7-8,14-15,17H2,1-3H3,(H,31,38)(H,32,34)(H,33,35)(H,36,37). The van der Waals surface area contributed by atoms with E-state index in [2.05, 4.69) is 16.0 Å². The number of carboxylic acid groups (broad SMARTS) is 1. The number of aryl methyl sites for hydroxylation is 1. The molecule has 1 unspecified atom stereocenters. The lowest BCUT2D eigenvalue weighted by molar-refractivity contribution is -0.118. The van der Waals surface area contributed by atoms with E-state index in [1.165, 1.54) is 11.3 Å². The summed E-state index contributed by atoms with van der Waals surface area (Å²) in [6, 6.07) is 14.4. The van der Waals surface area contributed by atoms with Crippen LogP contribution in [-0.4, -0.2) is 34.6 Å². The van der Waals surface area contributed by atoms with Crippen molar-refractivity contribution < 1.29 is 29.0 Å². The van der Waals surface area contributed by atoms with Crippen molar-refractivity contribution in [3.8, 4) is 0 Å². The van der Waals surface area contributed by atoms with E-state index in [1.807, 2.05) is 0 Å². The second-order valence-corrected chi connectivity index (χ2v) is 11.7. The highest BCUT2D eigenvalue weighted by atomic mass is 32.1. The van der Waals surface area contributed by atoms with Gasteiger partial charge in [-0.2, -0.15) is 0 Å². The summed E-state index contributed by atoms with van der Waals surface area (Å²) in [7, 11) is 0. The molecule has 0 saturated carbocycles. The molecule has 4 N–H and O–H groups in total. The monoisotopic (exact) mass is 563 g/mol. The fraction of sp³-hybridized carbons (Fsp3) is 0.333. The molecule has 0 saturated heterocycles. The molecular weight excluding hydrogens is 530 g/mol. The maximum absolute atomic E-state index is 13.6. The molecule has 1 aromatic heterocycles. The third-order valence-corrected chi connectivity index (χ3v) is 7.52. The Hall–Kier alpha value is -4.18. The van der Waals surface area contributed by atoms with Gasteiger partial charge >= 0.3 is 12.1 Å². The van der Waals surface area contributed by atoms with Crippen molar-refractivity contribution >= 4 is 40.2 Å². The number of benzene rings is 2. The number of aromatic carboxylic acids is 1. The van der Waals surface area contributed by atoms with Gasteiger partial charge in [0.15, 0.2) is 0 Å². The number of carboxylic acids is 1. The van der Waals surface area contributed by atoms with Crippen LogP contribution >= 0.6 is 11.3 Å². The topological polar surface area (TPSA) is 134 Å². The third-order valence-electron chi connectivity index (χ3n) is 6.32. The zero-order valence-electron chi connectivity index (χ0n) is 22.7. The SMILES string of the molecule is CC(C)(C)OC(=O)NCc1cccc(C(=O)NC(C(=O)Nc2sc3c(c2C(=O)O)CCCC3)c2ccccc2)c1. The van der Waals surface area contributed by atoms with Gasteiger partial charge in [0.2, 0.25) is 0 Å². The van der Waals surface area contributed by atoms with Gasteiger partial charge in [0.25, 0.3) is 11.8 Å². The largest absolute Gasteiger partial charge is 0.478 e. The van der Waals surface area contributed by atoms with Crippen molar-refractivity contribution in [3.05, 3.63) is 87.3 Å². The molecule has 0 fully saturated rings. The number of fused-ring (bicyclic) bond motifs is 1. The molecule has 0 radical (unpaired) electrons. The average molecular weight is 564 g/mol. The van der Waals surface area contributed by atoms with Crippen molar-refractivity contribution in [1.29, 1.82) is 0 Å². The molecular formula is C30H33N3O6S.